The van der Waals surface area contributed by atoms with Gasteiger partial charge in [-0.1, -0.05) is 36.4 Å². The van der Waals surface area contributed by atoms with E-state index in [4.69, 9.17) is 0 Å². The highest BCUT2D eigenvalue weighted by molar-refractivity contribution is 6.03. The maximum Gasteiger partial charge on any atom is 0.256 e. The minimum atomic E-state index is -0.247. The summed E-state index contributed by atoms with van der Waals surface area (Å²) < 4.78 is 0. The molecule has 2 amide bonds. The Morgan fingerprint density at radius 1 is 0.969 bits per heavy atom. The minimum Gasteiger partial charge on any atom is -0.339 e. The summed E-state index contributed by atoms with van der Waals surface area (Å²) in [5.41, 5.74) is 3.81. The number of hydrogen-bond donors (Lipinski definition) is 1. The number of benzene rings is 1. The van der Waals surface area contributed by atoms with Gasteiger partial charge in [-0.15, -0.1) is 0 Å². The van der Waals surface area contributed by atoms with E-state index in [1.807, 2.05) is 29.2 Å². The zero-order chi connectivity index (χ0) is 22.2. The molecule has 2 aromatic heterocycles. The molecular formula is C26H24N4O2. The highest BCUT2D eigenvalue weighted by Crippen LogP contribution is 2.22. The Hall–Kier alpha value is -4.06. The smallest absolute Gasteiger partial charge is 0.256 e. The van der Waals surface area contributed by atoms with Crippen molar-refractivity contribution in [2.75, 3.05) is 18.4 Å². The van der Waals surface area contributed by atoms with E-state index in [1.165, 1.54) is 11.1 Å². The van der Waals surface area contributed by atoms with Gasteiger partial charge in [0.25, 0.3) is 5.91 Å². The van der Waals surface area contributed by atoms with Crippen LogP contribution in [0.5, 0.6) is 0 Å². The van der Waals surface area contributed by atoms with Crippen molar-refractivity contribution in [1.29, 1.82) is 0 Å². The first-order chi connectivity index (χ1) is 15.7. The quantitative estimate of drug-likeness (QED) is 0.614. The van der Waals surface area contributed by atoms with Gasteiger partial charge in [-0.2, -0.15) is 0 Å². The van der Waals surface area contributed by atoms with Crippen LogP contribution in [0.15, 0.2) is 85.3 Å². The second-order valence-corrected chi connectivity index (χ2v) is 7.46. The molecule has 4 rings (SSSR count). The molecule has 1 aliphatic heterocycles. The molecule has 6 heteroatoms. The van der Waals surface area contributed by atoms with Crippen LogP contribution in [0.3, 0.4) is 0 Å². The van der Waals surface area contributed by atoms with Crippen LogP contribution in [0.1, 0.15) is 34.3 Å². The van der Waals surface area contributed by atoms with Gasteiger partial charge in [0.15, 0.2) is 0 Å². The van der Waals surface area contributed by atoms with Gasteiger partial charge >= 0.3 is 0 Å². The molecule has 0 saturated carbocycles. The Kier molecular flexibility index (Phi) is 6.82. The van der Waals surface area contributed by atoms with Gasteiger partial charge in [0.2, 0.25) is 5.91 Å². The monoisotopic (exact) mass is 424 g/mol. The van der Waals surface area contributed by atoms with Crippen molar-refractivity contribution in [3.05, 3.63) is 102 Å². The average Bonchev–Trinajstić information content (AvgIpc) is 3.11. The summed E-state index contributed by atoms with van der Waals surface area (Å²) in [7, 11) is 0. The molecule has 0 atom stereocenters. The largest absolute Gasteiger partial charge is 0.339 e. The average molecular weight is 425 g/mol. The lowest BCUT2D eigenvalue weighted by Gasteiger charge is -2.18. The molecule has 160 valence electrons. The van der Waals surface area contributed by atoms with E-state index >= 15 is 0 Å². The lowest BCUT2D eigenvalue weighted by molar-refractivity contribution is -0.125. The maximum absolute atomic E-state index is 12.7. The Morgan fingerprint density at radius 3 is 2.53 bits per heavy atom. The normalized spacial score (nSPS) is 14.0. The Labute approximate surface area is 187 Å². The van der Waals surface area contributed by atoms with Gasteiger partial charge in [-0.05, 0) is 59.9 Å². The van der Waals surface area contributed by atoms with Crippen LogP contribution in [-0.2, 0) is 4.79 Å². The summed E-state index contributed by atoms with van der Waals surface area (Å²) >= 11 is 0. The Balaban J connectivity index is 1.31. The first-order valence-electron chi connectivity index (χ1n) is 10.6. The SMILES string of the molecule is O=C(Nc1ccc(/C=C/C(=O)N2CCC=C(c3ccccc3)CC2)cn1)c1ccncc1. The predicted molar refractivity (Wildman–Crippen MR) is 126 cm³/mol. The topological polar surface area (TPSA) is 75.2 Å². The summed E-state index contributed by atoms with van der Waals surface area (Å²) in [5, 5.41) is 2.74. The number of aromatic nitrogens is 2. The molecule has 0 fully saturated rings. The van der Waals surface area contributed by atoms with Crippen LogP contribution in [0.25, 0.3) is 11.6 Å². The van der Waals surface area contributed by atoms with Crippen LogP contribution in [0.2, 0.25) is 0 Å². The molecule has 0 spiro atoms. The minimum absolute atomic E-state index is 0.0113. The molecule has 32 heavy (non-hydrogen) atoms. The molecule has 0 unspecified atom stereocenters. The molecule has 0 aliphatic carbocycles. The number of anilines is 1. The van der Waals surface area contributed by atoms with Crippen molar-refractivity contribution in [3.8, 4) is 0 Å². The summed E-state index contributed by atoms with van der Waals surface area (Å²) in [6.07, 6.45) is 12.0. The molecule has 0 radical (unpaired) electrons. The molecule has 3 aromatic rings. The maximum atomic E-state index is 12.7. The molecule has 1 aromatic carbocycles. The van der Waals surface area contributed by atoms with Gasteiger partial charge in [-0.3, -0.25) is 14.6 Å². The fourth-order valence-corrected chi connectivity index (χ4v) is 3.54. The van der Waals surface area contributed by atoms with Crippen molar-refractivity contribution in [1.82, 2.24) is 14.9 Å². The fraction of sp³-hybridized carbons (Fsp3) is 0.154. The lowest BCUT2D eigenvalue weighted by Crippen LogP contribution is -2.30. The summed E-state index contributed by atoms with van der Waals surface area (Å²) in [5.74, 6) is 0.188. The van der Waals surface area contributed by atoms with Crippen LogP contribution in [0, 0.1) is 0 Å². The van der Waals surface area contributed by atoms with E-state index in [0.717, 1.165) is 18.4 Å². The standard InChI is InChI=1S/C26H24N4O2/c31-25(30-17-4-7-22(14-18-30)21-5-2-1-3-6-21)11-9-20-8-10-24(28-19-20)29-26(32)23-12-15-27-16-13-23/h1-3,5-13,15-16,19H,4,14,17-18H2,(H,28,29,32)/b11-9+. The summed E-state index contributed by atoms with van der Waals surface area (Å²) in [6, 6.07) is 17.1. The van der Waals surface area contributed by atoms with Crippen molar-refractivity contribution in [3.63, 3.8) is 0 Å². The first-order valence-corrected chi connectivity index (χ1v) is 10.6. The van der Waals surface area contributed by atoms with Gasteiger partial charge < -0.3 is 10.2 Å². The van der Waals surface area contributed by atoms with Crippen LogP contribution >= 0.6 is 0 Å². The molecule has 6 nitrogen and oxygen atoms in total. The van der Waals surface area contributed by atoms with Crippen molar-refractivity contribution >= 4 is 29.3 Å². The number of carbonyl (C=O) groups is 2. The Bertz CT molecular complexity index is 1120. The number of nitrogens with zero attached hydrogens (tertiary/aromatic N) is 3. The Morgan fingerprint density at radius 2 is 1.78 bits per heavy atom. The number of nitrogens with one attached hydrogen (secondary N) is 1. The number of rotatable bonds is 5. The van der Waals surface area contributed by atoms with Crippen molar-refractivity contribution in [2.45, 2.75) is 12.8 Å². The van der Waals surface area contributed by atoms with E-state index in [9.17, 15) is 9.59 Å². The van der Waals surface area contributed by atoms with Crippen molar-refractivity contribution in [2.24, 2.45) is 0 Å². The third-order valence-electron chi connectivity index (χ3n) is 5.29. The summed E-state index contributed by atoms with van der Waals surface area (Å²) in [6.45, 7) is 1.40. The highest BCUT2D eigenvalue weighted by atomic mass is 16.2. The summed E-state index contributed by atoms with van der Waals surface area (Å²) in [4.78, 5) is 34.9. The van der Waals surface area contributed by atoms with Gasteiger partial charge in [0, 0.05) is 43.3 Å². The van der Waals surface area contributed by atoms with E-state index in [2.05, 4.69) is 33.5 Å². The molecule has 1 aliphatic rings. The second-order valence-electron chi connectivity index (χ2n) is 7.46. The molecular weight excluding hydrogens is 400 g/mol. The number of pyridine rings is 2. The lowest BCUT2D eigenvalue weighted by atomic mass is 10.0. The molecule has 0 saturated heterocycles. The molecule has 1 N–H and O–H groups in total. The van der Waals surface area contributed by atoms with E-state index < -0.39 is 0 Å². The van der Waals surface area contributed by atoms with Gasteiger partial charge in [-0.25, -0.2) is 4.98 Å². The van der Waals surface area contributed by atoms with Gasteiger partial charge in [0.1, 0.15) is 5.82 Å². The second kappa shape index (κ2) is 10.3. The third kappa shape index (κ3) is 5.55. The molecule has 3 heterocycles. The number of carbonyl (C=O) groups excluding carboxylic acids is 2. The van der Waals surface area contributed by atoms with Crippen LogP contribution in [-0.4, -0.2) is 39.8 Å². The zero-order valence-corrected chi connectivity index (χ0v) is 17.6. The highest BCUT2D eigenvalue weighted by Gasteiger charge is 2.15. The number of hydrogen-bond acceptors (Lipinski definition) is 4. The van der Waals surface area contributed by atoms with Crippen molar-refractivity contribution < 1.29 is 9.59 Å². The van der Waals surface area contributed by atoms with E-state index in [-0.39, 0.29) is 11.8 Å². The molecule has 0 bridgehead atoms. The third-order valence-corrected chi connectivity index (χ3v) is 5.29. The van der Waals surface area contributed by atoms with Crippen LogP contribution in [0.4, 0.5) is 5.82 Å². The van der Waals surface area contributed by atoms with E-state index in [0.29, 0.717) is 24.5 Å². The van der Waals surface area contributed by atoms with E-state index in [1.54, 1.807) is 48.9 Å². The van der Waals surface area contributed by atoms with Crippen LogP contribution < -0.4 is 5.32 Å². The number of amides is 2. The first kappa shape index (κ1) is 21.2. The van der Waals surface area contributed by atoms with Gasteiger partial charge in [0.05, 0.1) is 0 Å². The zero-order valence-electron chi connectivity index (χ0n) is 17.6. The predicted octanol–water partition coefficient (Wildman–Crippen LogP) is 4.45. The fourth-order valence-electron chi connectivity index (χ4n) is 3.54.